The summed E-state index contributed by atoms with van der Waals surface area (Å²) >= 11 is 0. The Morgan fingerprint density at radius 1 is 1.24 bits per heavy atom. The van der Waals surface area contributed by atoms with Gasteiger partial charge in [0, 0.05) is 19.5 Å². The number of carbonyl (C=O) groups excluding carboxylic acids is 1. The van der Waals surface area contributed by atoms with E-state index < -0.39 is 37.9 Å². The molecule has 4 saturated carbocycles. The van der Waals surface area contributed by atoms with Gasteiger partial charge in [-0.25, -0.2) is 21.5 Å². The molecule has 1 aromatic rings. The SMILES string of the molecule is CN(C)S(=O)(=O)c1c(OCC23CC4CC(CC(F)(C4)C2)C3)ccc(C(N)=O)c1F. The number of benzene rings is 1. The lowest BCUT2D eigenvalue weighted by Crippen LogP contribution is -2.55. The quantitative estimate of drug-likeness (QED) is 0.755. The molecule has 4 bridgehead atoms. The number of carbonyl (C=O) groups is 1. The van der Waals surface area contributed by atoms with Gasteiger partial charge in [0.25, 0.3) is 5.91 Å². The normalized spacial score (nSPS) is 33.3. The Morgan fingerprint density at radius 3 is 2.38 bits per heavy atom. The maximum atomic E-state index is 15.2. The molecule has 29 heavy (non-hydrogen) atoms. The molecule has 0 heterocycles. The molecule has 1 aromatic carbocycles. The second-order valence-electron chi connectivity index (χ2n) is 9.31. The summed E-state index contributed by atoms with van der Waals surface area (Å²) in [7, 11) is -1.70. The van der Waals surface area contributed by atoms with Gasteiger partial charge in [0.15, 0.2) is 10.7 Å². The predicted molar refractivity (Wildman–Crippen MR) is 102 cm³/mol. The van der Waals surface area contributed by atoms with Crippen LogP contribution in [0.3, 0.4) is 0 Å². The van der Waals surface area contributed by atoms with E-state index in [1.807, 2.05) is 0 Å². The summed E-state index contributed by atoms with van der Waals surface area (Å²) in [5.74, 6) is -1.82. The number of hydrogen-bond acceptors (Lipinski definition) is 4. The van der Waals surface area contributed by atoms with E-state index in [-0.39, 0.29) is 17.8 Å². The Bertz CT molecular complexity index is 949. The van der Waals surface area contributed by atoms with E-state index in [9.17, 15) is 17.6 Å². The van der Waals surface area contributed by atoms with Crippen LogP contribution in [0.25, 0.3) is 0 Å². The number of rotatable bonds is 6. The third kappa shape index (κ3) is 3.42. The third-order valence-electron chi connectivity index (χ3n) is 6.71. The molecule has 0 radical (unpaired) electrons. The number of nitrogens with two attached hydrogens (primary N) is 1. The molecule has 0 saturated heterocycles. The molecule has 4 fully saturated rings. The van der Waals surface area contributed by atoms with Crippen LogP contribution in [0.1, 0.15) is 48.9 Å². The first-order chi connectivity index (χ1) is 13.4. The maximum Gasteiger partial charge on any atom is 0.251 e. The highest BCUT2D eigenvalue weighted by Gasteiger charge is 2.58. The van der Waals surface area contributed by atoms with Crippen molar-refractivity contribution < 1.29 is 26.7 Å². The fraction of sp³-hybridized carbons (Fsp3) is 0.650. The van der Waals surface area contributed by atoms with Crippen molar-refractivity contribution in [2.45, 2.75) is 49.1 Å². The highest BCUT2D eigenvalue weighted by atomic mass is 32.2. The van der Waals surface area contributed by atoms with Crippen LogP contribution in [-0.4, -0.2) is 45.0 Å². The van der Waals surface area contributed by atoms with Crippen LogP contribution in [-0.2, 0) is 10.0 Å². The molecule has 6 nitrogen and oxygen atoms in total. The number of amides is 1. The Kier molecular flexibility index (Phi) is 4.70. The topological polar surface area (TPSA) is 89.7 Å². The van der Waals surface area contributed by atoms with Crippen molar-refractivity contribution in [2.24, 2.45) is 23.0 Å². The highest BCUT2D eigenvalue weighted by Crippen LogP contribution is 2.63. The monoisotopic (exact) mass is 428 g/mol. The Morgan fingerprint density at radius 2 is 1.86 bits per heavy atom. The van der Waals surface area contributed by atoms with Gasteiger partial charge in [0.1, 0.15) is 11.4 Å². The van der Waals surface area contributed by atoms with Crippen molar-refractivity contribution >= 4 is 15.9 Å². The highest BCUT2D eigenvalue weighted by molar-refractivity contribution is 7.89. The molecule has 0 aliphatic heterocycles. The molecule has 9 heteroatoms. The van der Waals surface area contributed by atoms with Crippen molar-refractivity contribution in [3.05, 3.63) is 23.5 Å². The molecule has 4 aliphatic rings. The molecule has 2 atom stereocenters. The zero-order chi connectivity index (χ0) is 21.2. The zero-order valence-corrected chi connectivity index (χ0v) is 17.4. The van der Waals surface area contributed by atoms with Gasteiger partial charge in [0.05, 0.1) is 12.2 Å². The lowest BCUT2D eigenvalue weighted by molar-refractivity contribution is -0.136. The Hall–Kier alpha value is -1.74. The number of sulfonamides is 1. The van der Waals surface area contributed by atoms with Gasteiger partial charge in [-0.1, -0.05) is 0 Å². The van der Waals surface area contributed by atoms with Crippen LogP contribution in [0.15, 0.2) is 17.0 Å². The van der Waals surface area contributed by atoms with Gasteiger partial charge in [-0.15, -0.1) is 0 Å². The van der Waals surface area contributed by atoms with Crippen molar-refractivity contribution in [1.29, 1.82) is 0 Å². The number of nitrogens with zero attached hydrogens (tertiary/aromatic N) is 1. The summed E-state index contributed by atoms with van der Waals surface area (Å²) in [6.45, 7) is 0.122. The van der Waals surface area contributed by atoms with E-state index in [2.05, 4.69) is 0 Å². The van der Waals surface area contributed by atoms with Gasteiger partial charge in [-0.2, -0.15) is 0 Å². The zero-order valence-electron chi connectivity index (χ0n) is 16.6. The fourth-order valence-electron chi connectivity index (χ4n) is 6.00. The van der Waals surface area contributed by atoms with E-state index >= 15 is 4.39 Å². The van der Waals surface area contributed by atoms with E-state index in [0.29, 0.717) is 31.1 Å². The molecular weight excluding hydrogens is 402 g/mol. The molecule has 2 N–H and O–H groups in total. The van der Waals surface area contributed by atoms with Gasteiger partial charge in [0.2, 0.25) is 10.0 Å². The molecule has 5 rings (SSSR count). The summed E-state index contributed by atoms with van der Waals surface area (Å²) in [6, 6.07) is 2.38. The number of halogens is 2. The van der Waals surface area contributed by atoms with Crippen molar-refractivity contribution in [1.82, 2.24) is 4.31 Å². The molecular formula is C20H26F2N2O4S. The predicted octanol–water partition coefficient (Wildman–Crippen LogP) is 2.86. The number of ether oxygens (including phenoxy) is 1. The van der Waals surface area contributed by atoms with Crippen LogP contribution in [0.5, 0.6) is 5.75 Å². The first-order valence-electron chi connectivity index (χ1n) is 9.81. The van der Waals surface area contributed by atoms with Crippen molar-refractivity contribution in [3.8, 4) is 5.75 Å². The number of primary amides is 1. The van der Waals surface area contributed by atoms with Crippen molar-refractivity contribution in [3.63, 3.8) is 0 Å². The average molecular weight is 429 g/mol. The minimum absolute atomic E-state index is 0.122. The maximum absolute atomic E-state index is 15.2. The van der Waals surface area contributed by atoms with E-state index in [0.717, 1.165) is 29.6 Å². The molecule has 0 spiro atoms. The van der Waals surface area contributed by atoms with Crippen LogP contribution < -0.4 is 10.5 Å². The van der Waals surface area contributed by atoms with E-state index in [4.69, 9.17) is 10.5 Å². The first kappa shape index (κ1) is 20.5. The van der Waals surface area contributed by atoms with Crippen LogP contribution in [0, 0.1) is 23.1 Å². The molecule has 1 amide bonds. The molecule has 2 unspecified atom stereocenters. The summed E-state index contributed by atoms with van der Waals surface area (Å²) in [6.07, 6.45) is 4.29. The average Bonchev–Trinajstić information content (AvgIpc) is 2.57. The second kappa shape index (κ2) is 6.63. The summed E-state index contributed by atoms with van der Waals surface area (Å²) in [5, 5.41) is 0. The largest absolute Gasteiger partial charge is 0.491 e. The minimum Gasteiger partial charge on any atom is -0.491 e. The summed E-state index contributed by atoms with van der Waals surface area (Å²) < 4.78 is 62.2. The first-order valence-corrected chi connectivity index (χ1v) is 11.3. The minimum atomic E-state index is -4.23. The van der Waals surface area contributed by atoms with Crippen LogP contribution >= 0.6 is 0 Å². The van der Waals surface area contributed by atoms with Gasteiger partial charge < -0.3 is 10.5 Å². The van der Waals surface area contributed by atoms with Crippen molar-refractivity contribution in [2.75, 3.05) is 20.7 Å². The third-order valence-corrected chi connectivity index (χ3v) is 8.57. The second-order valence-corrected chi connectivity index (χ2v) is 11.4. The Labute approximate surface area is 169 Å². The summed E-state index contributed by atoms with van der Waals surface area (Å²) in [5.41, 5.74) is 3.12. The van der Waals surface area contributed by atoms with Gasteiger partial charge in [-0.3, -0.25) is 4.79 Å². The smallest absolute Gasteiger partial charge is 0.251 e. The lowest BCUT2D eigenvalue weighted by atomic mass is 9.49. The van der Waals surface area contributed by atoms with Gasteiger partial charge >= 0.3 is 0 Å². The number of hydrogen-bond donors (Lipinski definition) is 1. The summed E-state index contributed by atoms with van der Waals surface area (Å²) in [4.78, 5) is 10.8. The van der Waals surface area contributed by atoms with E-state index in [1.165, 1.54) is 20.2 Å². The molecule has 4 aliphatic carbocycles. The molecule has 160 valence electrons. The lowest BCUT2D eigenvalue weighted by Gasteiger charge is -2.58. The van der Waals surface area contributed by atoms with Crippen LogP contribution in [0.2, 0.25) is 0 Å². The Balaban J connectivity index is 1.68. The fourth-order valence-corrected chi connectivity index (χ4v) is 7.08. The standard InChI is InChI=1S/C20H26F2N2O4S/c1-24(2)29(26,27)17-15(4-3-14(16(17)21)18(23)25)28-11-19-6-12-5-13(7-19)9-20(22,8-12)10-19/h3-4,12-13H,5-11H2,1-2H3,(H2,23,25). The van der Waals surface area contributed by atoms with Gasteiger partial charge in [-0.05, 0) is 62.5 Å². The van der Waals surface area contributed by atoms with Crippen LogP contribution in [0.4, 0.5) is 8.78 Å². The van der Waals surface area contributed by atoms with E-state index in [1.54, 1.807) is 0 Å². The molecule has 0 aromatic heterocycles. The number of alkyl halides is 1.